The topological polar surface area (TPSA) is 101 Å². The molecule has 20 heavy (non-hydrogen) atoms. The van der Waals surface area contributed by atoms with Gasteiger partial charge >= 0.3 is 5.97 Å². The summed E-state index contributed by atoms with van der Waals surface area (Å²) in [5, 5.41) is 14.3. The lowest BCUT2D eigenvalue weighted by molar-refractivity contribution is 0.0697. The molecule has 0 saturated carbocycles. The highest BCUT2D eigenvalue weighted by molar-refractivity contribution is 7.99. The molecule has 0 aliphatic carbocycles. The Labute approximate surface area is 122 Å². The first-order chi connectivity index (χ1) is 9.30. The molecule has 1 aliphatic rings. The molecule has 1 unspecified atom stereocenters. The van der Waals surface area contributed by atoms with Gasteiger partial charge in [0, 0.05) is 18.8 Å². The molecular weight excluding hydrogens is 300 g/mol. The van der Waals surface area contributed by atoms with E-state index in [1.54, 1.807) is 0 Å². The van der Waals surface area contributed by atoms with Gasteiger partial charge in [-0.05, 0) is 30.4 Å². The van der Waals surface area contributed by atoms with E-state index in [1.165, 1.54) is 12.1 Å². The summed E-state index contributed by atoms with van der Waals surface area (Å²) in [7, 11) is -2.08. The maximum absolute atomic E-state index is 11.4. The lowest BCUT2D eigenvalue weighted by atomic mass is 10.1. The number of carbonyl (C=O) groups is 1. The van der Waals surface area contributed by atoms with Crippen LogP contribution in [0, 0.1) is 0 Å². The minimum Gasteiger partial charge on any atom is -0.478 e. The third kappa shape index (κ3) is 3.08. The summed E-state index contributed by atoms with van der Waals surface area (Å²) in [6.45, 7) is 0. The predicted octanol–water partition coefficient (Wildman–Crippen LogP) is 0.974. The summed E-state index contributed by atoms with van der Waals surface area (Å²) < 4.78 is 22.6. The molecule has 0 amide bonds. The van der Waals surface area contributed by atoms with Crippen molar-refractivity contribution in [3.05, 3.63) is 23.8 Å². The molecule has 3 N–H and O–H groups in total. The van der Waals surface area contributed by atoms with Crippen molar-refractivity contribution in [1.29, 1.82) is 0 Å². The predicted molar refractivity (Wildman–Crippen MR) is 78.9 cm³/mol. The molecule has 1 atom stereocenters. The zero-order valence-electron chi connectivity index (χ0n) is 10.9. The number of aromatic carboxylic acids is 1. The van der Waals surface area contributed by atoms with Gasteiger partial charge in [-0.15, -0.1) is 0 Å². The average Bonchev–Trinajstić information content (AvgIpc) is 2.89. The standard InChI is InChI=1S/C12H16N2O4S2/c1-14(8-4-5-19-7-8)11-3-2-9(20(13,17)18)6-10(11)12(15)16/h2-3,6,8H,4-5,7H2,1H3,(H,15,16)(H2,13,17,18). The minimum atomic E-state index is -3.91. The van der Waals surface area contributed by atoms with Crippen LogP contribution in [0.4, 0.5) is 5.69 Å². The zero-order chi connectivity index (χ0) is 14.9. The molecule has 6 nitrogen and oxygen atoms in total. The molecule has 1 heterocycles. The summed E-state index contributed by atoms with van der Waals surface area (Å²) >= 11 is 1.82. The second kappa shape index (κ2) is 5.63. The number of thioether (sulfide) groups is 1. The van der Waals surface area contributed by atoms with Crippen LogP contribution in [0.2, 0.25) is 0 Å². The van der Waals surface area contributed by atoms with Gasteiger partial charge in [0.15, 0.2) is 0 Å². The highest BCUT2D eigenvalue weighted by atomic mass is 32.2. The highest BCUT2D eigenvalue weighted by Gasteiger charge is 2.25. The van der Waals surface area contributed by atoms with Crippen LogP contribution in [0.25, 0.3) is 0 Å². The summed E-state index contributed by atoms with van der Waals surface area (Å²) in [6, 6.07) is 4.23. The van der Waals surface area contributed by atoms with Crippen LogP contribution in [0.3, 0.4) is 0 Å². The number of anilines is 1. The van der Waals surface area contributed by atoms with Gasteiger partial charge in [0.1, 0.15) is 0 Å². The fourth-order valence-electron chi connectivity index (χ4n) is 2.20. The van der Waals surface area contributed by atoms with Gasteiger partial charge in [0.2, 0.25) is 10.0 Å². The maximum Gasteiger partial charge on any atom is 0.337 e. The third-order valence-corrected chi connectivity index (χ3v) is 5.42. The molecule has 1 aromatic carbocycles. The van der Waals surface area contributed by atoms with E-state index in [1.807, 2.05) is 23.7 Å². The molecule has 0 aromatic heterocycles. The molecule has 1 saturated heterocycles. The molecule has 1 aromatic rings. The van der Waals surface area contributed by atoms with Crippen molar-refractivity contribution in [2.45, 2.75) is 17.4 Å². The molecule has 0 bridgehead atoms. The lowest BCUT2D eigenvalue weighted by Gasteiger charge is -2.27. The van der Waals surface area contributed by atoms with Crippen LogP contribution in [0.15, 0.2) is 23.1 Å². The molecule has 8 heteroatoms. The number of hydrogen-bond acceptors (Lipinski definition) is 5. The van der Waals surface area contributed by atoms with Crippen molar-refractivity contribution >= 4 is 33.4 Å². The number of carboxylic acids is 1. The van der Waals surface area contributed by atoms with Crippen molar-refractivity contribution in [3.8, 4) is 0 Å². The normalized spacial score (nSPS) is 19.0. The Morgan fingerprint density at radius 2 is 2.20 bits per heavy atom. The second-order valence-electron chi connectivity index (χ2n) is 4.66. The van der Waals surface area contributed by atoms with Gasteiger partial charge in [-0.1, -0.05) is 0 Å². The van der Waals surface area contributed by atoms with E-state index in [0.717, 1.165) is 24.0 Å². The number of sulfonamides is 1. The summed E-state index contributed by atoms with van der Waals surface area (Å²) in [5.74, 6) is 0.821. The monoisotopic (exact) mass is 316 g/mol. The van der Waals surface area contributed by atoms with E-state index >= 15 is 0 Å². The lowest BCUT2D eigenvalue weighted by Crippen LogP contribution is -2.32. The molecule has 0 spiro atoms. The van der Waals surface area contributed by atoms with E-state index in [4.69, 9.17) is 5.14 Å². The van der Waals surface area contributed by atoms with Gasteiger partial charge in [-0.2, -0.15) is 11.8 Å². The minimum absolute atomic E-state index is 0.0454. The quantitative estimate of drug-likeness (QED) is 0.858. The van der Waals surface area contributed by atoms with Gasteiger partial charge in [0.05, 0.1) is 16.1 Å². The van der Waals surface area contributed by atoms with Crippen molar-refractivity contribution in [1.82, 2.24) is 0 Å². The number of hydrogen-bond donors (Lipinski definition) is 2. The van der Waals surface area contributed by atoms with Gasteiger partial charge < -0.3 is 10.0 Å². The fourth-order valence-corrected chi connectivity index (χ4v) is 4.00. The van der Waals surface area contributed by atoms with Crippen molar-refractivity contribution in [2.75, 3.05) is 23.5 Å². The van der Waals surface area contributed by atoms with Crippen LogP contribution in [0.1, 0.15) is 16.8 Å². The first-order valence-electron chi connectivity index (χ1n) is 6.01. The van der Waals surface area contributed by atoms with Crippen LogP contribution in [-0.4, -0.2) is 44.1 Å². The van der Waals surface area contributed by atoms with Gasteiger partial charge in [0.25, 0.3) is 0 Å². The number of benzene rings is 1. The van der Waals surface area contributed by atoms with E-state index in [2.05, 4.69) is 0 Å². The third-order valence-electron chi connectivity index (χ3n) is 3.36. The first kappa shape index (κ1) is 15.1. The molecule has 1 fully saturated rings. The number of primary sulfonamides is 1. The van der Waals surface area contributed by atoms with Crippen LogP contribution < -0.4 is 10.0 Å². The number of rotatable bonds is 4. The number of nitrogens with two attached hydrogens (primary N) is 1. The van der Waals surface area contributed by atoms with Crippen LogP contribution >= 0.6 is 11.8 Å². The molecule has 110 valence electrons. The fraction of sp³-hybridized carbons (Fsp3) is 0.417. The largest absolute Gasteiger partial charge is 0.478 e. The Balaban J connectivity index is 2.45. The van der Waals surface area contributed by atoms with E-state index in [-0.39, 0.29) is 16.5 Å². The van der Waals surface area contributed by atoms with Crippen LogP contribution in [-0.2, 0) is 10.0 Å². The Kier molecular flexibility index (Phi) is 4.26. The maximum atomic E-state index is 11.4. The molecule has 0 radical (unpaired) electrons. The molecule has 1 aliphatic heterocycles. The Bertz CT molecular complexity index is 624. The Morgan fingerprint density at radius 1 is 1.50 bits per heavy atom. The highest BCUT2D eigenvalue weighted by Crippen LogP contribution is 2.29. The number of nitrogens with zero attached hydrogens (tertiary/aromatic N) is 1. The van der Waals surface area contributed by atoms with Crippen molar-refractivity contribution in [3.63, 3.8) is 0 Å². The van der Waals surface area contributed by atoms with Crippen molar-refractivity contribution in [2.24, 2.45) is 5.14 Å². The average molecular weight is 316 g/mol. The SMILES string of the molecule is CN(c1ccc(S(N)(=O)=O)cc1C(=O)O)C1CCSC1. The van der Waals surface area contributed by atoms with Gasteiger partial charge in [-0.25, -0.2) is 18.4 Å². The van der Waals surface area contributed by atoms with E-state index in [9.17, 15) is 18.3 Å². The van der Waals surface area contributed by atoms with E-state index in [0.29, 0.717) is 5.69 Å². The van der Waals surface area contributed by atoms with E-state index < -0.39 is 16.0 Å². The Hall–Kier alpha value is -1.25. The number of carboxylic acid groups (broad SMARTS) is 1. The summed E-state index contributed by atoms with van der Waals surface area (Å²) in [6.07, 6.45) is 0.983. The molecule has 2 rings (SSSR count). The summed E-state index contributed by atoms with van der Waals surface area (Å²) in [5.41, 5.74) is 0.466. The summed E-state index contributed by atoms with van der Waals surface area (Å²) in [4.78, 5) is 13.1. The Morgan fingerprint density at radius 3 is 2.70 bits per heavy atom. The van der Waals surface area contributed by atoms with Crippen molar-refractivity contribution < 1.29 is 18.3 Å². The first-order valence-corrected chi connectivity index (χ1v) is 8.71. The second-order valence-corrected chi connectivity index (χ2v) is 7.37. The smallest absolute Gasteiger partial charge is 0.337 e. The molecular formula is C12H16N2O4S2. The van der Waals surface area contributed by atoms with Crippen LogP contribution in [0.5, 0.6) is 0 Å². The zero-order valence-corrected chi connectivity index (χ0v) is 12.6. The van der Waals surface area contributed by atoms with Gasteiger partial charge in [-0.3, -0.25) is 0 Å².